The molecular weight excluding hydrogens is 266 g/mol. The van der Waals surface area contributed by atoms with Gasteiger partial charge in [0.15, 0.2) is 0 Å². The van der Waals surface area contributed by atoms with Crippen molar-refractivity contribution in [2.45, 2.75) is 18.9 Å². The third-order valence-corrected chi connectivity index (χ3v) is 3.28. The van der Waals surface area contributed by atoms with E-state index in [2.05, 4.69) is 15.6 Å². The fourth-order valence-corrected chi connectivity index (χ4v) is 1.96. The number of hydrogen-bond donors (Lipinski definition) is 2. The second-order valence-corrected chi connectivity index (χ2v) is 5.03. The maximum Gasteiger partial charge on any atom is 0.270 e. The first kappa shape index (κ1) is 13.4. The number of hydrogen-bond acceptors (Lipinski definition) is 4. The van der Waals surface area contributed by atoms with Gasteiger partial charge in [-0.05, 0) is 49.2 Å². The first-order valence-electron chi connectivity index (χ1n) is 6.92. The van der Waals surface area contributed by atoms with E-state index < -0.39 is 0 Å². The summed E-state index contributed by atoms with van der Waals surface area (Å²) in [6.45, 7) is 0. The Balaban J connectivity index is 1.70. The van der Waals surface area contributed by atoms with Gasteiger partial charge in [0, 0.05) is 23.6 Å². The molecular formula is C16H17N3O2. The van der Waals surface area contributed by atoms with Gasteiger partial charge in [0.2, 0.25) is 0 Å². The van der Waals surface area contributed by atoms with Crippen molar-refractivity contribution < 1.29 is 9.53 Å². The van der Waals surface area contributed by atoms with Crippen molar-refractivity contribution in [3.8, 4) is 5.75 Å². The average molecular weight is 283 g/mol. The van der Waals surface area contributed by atoms with Crippen LogP contribution in [0, 0.1) is 0 Å². The standard InChI is InChI=1S/C16H17N3O2/c1-21-14-6-4-11(5-7-14)18-13-8-9-17-15(10-13)16(20)19-12-2-3-12/h4-10,12H,2-3H2,1H3,(H,17,18)(H,19,20). The molecule has 1 saturated carbocycles. The summed E-state index contributed by atoms with van der Waals surface area (Å²) < 4.78 is 5.12. The third-order valence-electron chi connectivity index (χ3n) is 3.28. The topological polar surface area (TPSA) is 63.2 Å². The van der Waals surface area contributed by atoms with E-state index in [-0.39, 0.29) is 5.91 Å². The summed E-state index contributed by atoms with van der Waals surface area (Å²) in [7, 11) is 1.63. The fourth-order valence-electron chi connectivity index (χ4n) is 1.96. The van der Waals surface area contributed by atoms with E-state index in [1.165, 1.54) is 0 Å². The minimum absolute atomic E-state index is 0.115. The Bertz CT molecular complexity index is 636. The van der Waals surface area contributed by atoms with Crippen LogP contribution in [0.15, 0.2) is 42.6 Å². The number of anilines is 2. The quantitative estimate of drug-likeness (QED) is 0.885. The summed E-state index contributed by atoms with van der Waals surface area (Å²) in [5.41, 5.74) is 2.19. The van der Waals surface area contributed by atoms with Gasteiger partial charge >= 0.3 is 0 Å². The molecule has 1 aliphatic rings. The lowest BCUT2D eigenvalue weighted by molar-refractivity contribution is 0.0946. The van der Waals surface area contributed by atoms with E-state index in [1.54, 1.807) is 19.4 Å². The molecule has 0 saturated heterocycles. The van der Waals surface area contributed by atoms with Crippen molar-refractivity contribution >= 4 is 17.3 Å². The number of ether oxygens (including phenoxy) is 1. The Morgan fingerprint density at radius 3 is 2.62 bits per heavy atom. The fraction of sp³-hybridized carbons (Fsp3) is 0.250. The van der Waals surface area contributed by atoms with Crippen molar-refractivity contribution in [1.29, 1.82) is 0 Å². The van der Waals surface area contributed by atoms with Crippen LogP contribution < -0.4 is 15.4 Å². The highest BCUT2D eigenvalue weighted by Gasteiger charge is 2.24. The molecule has 1 amide bonds. The average Bonchev–Trinajstić information content (AvgIpc) is 3.32. The highest BCUT2D eigenvalue weighted by molar-refractivity contribution is 5.93. The van der Waals surface area contributed by atoms with E-state index >= 15 is 0 Å². The normalized spacial score (nSPS) is 13.6. The molecule has 5 nitrogen and oxygen atoms in total. The maximum atomic E-state index is 12.0. The molecule has 21 heavy (non-hydrogen) atoms. The van der Waals surface area contributed by atoms with Crippen molar-refractivity contribution in [2.75, 3.05) is 12.4 Å². The summed E-state index contributed by atoms with van der Waals surface area (Å²) >= 11 is 0. The Labute approximate surface area is 123 Å². The highest BCUT2D eigenvalue weighted by Crippen LogP contribution is 2.21. The van der Waals surface area contributed by atoms with Gasteiger partial charge < -0.3 is 15.4 Å². The molecule has 1 aromatic carbocycles. The van der Waals surface area contributed by atoms with Gasteiger partial charge in [-0.2, -0.15) is 0 Å². The van der Waals surface area contributed by atoms with Gasteiger partial charge in [-0.3, -0.25) is 9.78 Å². The van der Waals surface area contributed by atoms with Crippen LogP contribution >= 0.6 is 0 Å². The number of pyridine rings is 1. The van der Waals surface area contributed by atoms with Crippen LogP contribution in [0.4, 0.5) is 11.4 Å². The van der Waals surface area contributed by atoms with E-state index in [1.807, 2.05) is 30.3 Å². The Kier molecular flexibility index (Phi) is 3.73. The Hall–Kier alpha value is -2.56. The van der Waals surface area contributed by atoms with Crippen LogP contribution in [0.25, 0.3) is 0 Å². The number of carbonyl (C=O) groups excluding carboxylic acids is 1. The van der Waals surface area contributed by atoms with Crippen molar-refractivity contribution in [2.24, 2.45) is 0 Å². The molecule has 0 spiro atoms. The molecule has 0 radical (unpaired) electrons. The molecule has 1 aromatic heterocycles. The monoisotopic (exact) mass is 283 g/mol. The summed E-state index contributed by atoms with van der Waals surface area (Å²) in [4.78, 5) is 16.1. The van der Waals surface area contributed by atoms with Crippen LogP contribution in [0.3, 0.4) is 0 Å². The van der Waals surface area contributed by atoms with Crippen LogP contribution in [-0.4, -0.2) is 24.0 Å². The van der Waals surface area contributed by atoms with E-state index in [0.29, 0.717) is 11.7 Å². The van der Waals surface area contributed by atoms with Crippen molar-refractivity contribution in [3.63, 3.8) is 0 Å². The van der Waals surface area contributed by atoms with Crippen LogP contribution in [-0.2, 0) is 0 Å². The van der Waals surface area contributed by atoms with Gasteiger partial charge in [-0.15, -0.1) is 0 Å². The molecule has 2 N–H and O–H groups in total. The second kappa shape index (κ2) is 5.83. The Morgan fingerprint density at radius 2 is 1.95 bits per heavy atom. The van der Waals surface area contributed by atoms with Gasteiger partial charge in [-0.25, -0.2) is 0 Å². The highest BCUT2D eigenvalue weighted by atomic mass is 16.5. The van der Waals surface area contributed by atoms with Gasteiger partial charge in [0.25, 0.3) is 5.91 Å². The molecule has 1 aliphatic carbocycles. The number of nitrogens with zero attached hydrogens (tertiary/aromatic N) is 1. The molecule has 0 bridgehead atoms. The zero-order valence-electron chi connectivity index (χ0n) is 11.8. The Morgan fingerprint density at radius 1 is 1.19 bits per heavy atom. The molecule has 0 aliphatic heterocycles. The smallest absolute Gasteiger partial charge is 0.270 e. The second-order valence-electron chi connectivity index (χ2n) is 5.03. The lowest BCUT2D eigenvalue weighted by Crippen LogP contribution is -2.26. The summed E-state index contributed by atoms with van der Waals surface area (Å²) in [6, 6.07) is 11.5. The SMILES string of the molecule is COc1ccc(Nc2ccnc(C(=O)NC3CC3)c2)cc1. The molecule has 3 rings (SSSR count). The lowest BCUT2D eigenvalue weighted by Gasteiger charge is -2.09. The number of carbonyl (C=O) groups is 1. The first-order chi connectivity index (χ1) is 10.2. The summed E-state index contributed by atoms with van der Waals surface area (Å²) in [5.74, 6) is 0.690. The van der Waals surface area contributed by atoms with Gasteiger partial charge in [0.1, 0.15) is 11.4 Å². The van der Waals surface area contributed by atoms with Crippen LogP contribution in [0.1, 0.15) is 23.3 Å². The molecule has 0 unspecified atom stereocenters. The van der Waals surface area contributed by atoms with Gasteiger partial charge in [0.05, 0.1) is 7.11 Å². The largest absolute Gasteiger partial charge is 0.497 e. The van der Waals surface area contributed by atoms with Crippen LogP contribution in [0.5, 0.6) is 5.75 Å². The predicted molar refractivity (Wildman–Crippen MR) is 81.0 cm³/mol. The molecule has 2 aromatic rings. The molecule has 108 valence electrons. The lowest BCUT2D eigenvalue weighted by atomic mass is 10.2. The van der Waals surface area contributed by atoms with Crippen LogP contribution in [0.2, 0.25) is 0 Å². The van der Waals surface area contributed by atoms with E-state index in [9.17, 15) is 4.79 Å². The molecule has 1 fully saturated rings. The predicted octanol–water partition coefficient (Wildman–Crippen LogP) is 2.73. The number of benzene rings is 1. The summed E-state index contributed by atoms with van der Waals surface area (Å²) in [6.07, 6.45) is 3.76. The van der Waals surface area contributed by atoms with Crippen molar-refractivity contribution in [3.05, 3.63) is 48.3 Å². The zero-order valence-corrected chi connectivity index (χ0v) is 11.8. The zero-order chi connectivity index (χ0) is 14.7. The van der Waals surface area contributed by atoms with E-state index in [4.69, 9.17) is 4.74 Å². The maximum absolute atomic E-state index is 12.0. The number of rotatable bonds is 5. The van der Waals surface area contributed by atoms with Crippen molar-refractivity contribution in [1.82, 2.24) is 10.3 Å². The van der Waals surface area contributed by atoms with E-state index in [0.717, 1.165) is 30.0 Å². The number of nitrogens with one attached hydrogen (secondary N) is 2. The molecule has 5 heteroatoms. The molecule has 1 heterocycles. The third kappa shape index (κ3) is 3.51. The number of methoxy groups -OCH3 is 1. The minimum Gasteiger partial charge on any atom is -0.497 e. The van der Waals surface area contributed by atoms with Gasteiger partial charge in [-0.1, -0.05) is 0 Å². The molecule has 0 atom stereocenters. The number of aromatic nitrogens is 1. The summed E-state index contributed by atoms with van der Waals surface area (Å²) in [5, 5.41) is 6.17. The first-order valence-corrected chi connectivity index (χ1v) is 6.92. The number of amides is 1. The minimum atomic E-state index is -0.115.